The van der Waals surface area contributed by atoms with Gasteiger partial charge in [-0.15, -0.1) is 0 Å². The molecule has 1 spiro atoms. The van der Waals surface area contributed by atoms with Crippen molar-refractivity contribution in [3.05, 3.63) is 101 Å². The van der Waals surface area contributed by atoms with Crippen LogP contribution in [0.3, 0.4) is 0 Å². The van der Waals surface area contributed by atoms with Crippen molar-refractivity contribution in [1.82, 2.24) is 4.98 Å². The number of para-hydroxylation sites is 1. The normalized spacial score (nSPS) is 18.1. The molecule has 4 aromatic rings. The zero-order valence-corrected chi connectivity index (χ0v) is 21.0. The highest BCUT2D eigenvalue weighted by atomic mass is 16.7. The van der Waals surface area contributed by atoms with Gasteiger partial charge in [-0.25, -0.2) is 4.98 Å². The van der Waals surface area contributed by atoms with Crippen molar-refractivity contribution in [2.45, 2.75) is 12.0 Å². The summed E-state index contributed by atoms with van der Waals surface area (Å²) in [4.78, 5) is 33.1. The van der Waals surface area contributed by atoms with E-state index in [0.29, 0.717) is 40.9 Å². The summed E-state index contributed by atoms with van der Waals surface area (Å²) >= 11 is 0. The van der Waals surface area contributed by atoms with Crippen LogP contribution in [0.4, 0.5) is 11.4 Å². The van der Waals surface area contributed by atoms with E-state index in [9.17, 15) is 9.59 Å². The van der Waals surface area contributed by atoms with Gasteiger partial charge in [0.25, 0.3) is 5.91 Å². The number of hydrogen-bond donors (Lipinski definition) is 1. The number of anilines is 2. The quantitative estimate of drug-likeness (QED) is 0.418. The number of nitrogens with one attached hydrogen (secondary N) is 1. The van der Waals surface area contributed by atoms with Gasteiger partial charge < -0.3 is 29.2 Å². The summed E-state index contributed by atoms with van der Waals surface area (Å²) in [7, 11) is 1.53. The minimum Gasteiger partial charge on any atom is -0.491 e. The molecule has 0 radical (unpaired) electrons. The Kier molecular flexibility index (Phi) is 5.19. The highest BCUT2D eigenvalue weighted by Gasteiger charge is 2.57. The topological polar surface area (TPSA) is 99.2 Å². The van der Waals surface area contributed by atoms with Crippen LogP contribution in [0.1, 0.15) is 27.0 Å². The lowest BCUT2D eigenvalue weighted by Crippen LogP contribution is -2.42. The molecule has 4 heterocycles. The van der Waals surface area contributed by atoms with Crippen LogP contribution in [0, 0.1) is 0 Å². The smallest absolute Gasteiger partial charge is 0.255 e. The molecule has 1 aromatic heterocycles. The molecule has 3 aliphatic heterocycles. The first-order valence-electron chi connectivity index (χ1n) is 12.5. The van der Waals surface area contributed by atoms with Gasteiger partial charge in [0.05, 0.1) is 25.5 Å². The van der Waals surface area contributed by atoms with Crippen molar-refractivity contribution in [3.63, 3.8) is 0 Å². The molecule has 9 nitrogen and oxygen atoms in total. The predicted molar refractivity (Wildman–Crippen MR) is 142 cm³/mol. The number of carbonyl (C=O) groups excluding carboxylic acids is 2. The molecule has 0 saturated heterocycles. The van der Waals surface area contributed by atoms with E-state index in [1.807, 2.05) is 42.5 Å². The lowest BCUT2D eigenvalue weighted by Gasteiger charge is -2.23. The number of pyridine rings is 1. The summed E-state index contributed by atoms with van der Waals surface area (Å²) in [5, 5.41) is 2.85. The first kappa shape index (κ1) is 23.1. The maximum absolute atomic E-state index is 14.2. The lowest BCUT2D eigenvalue weighted by molar-refractivity contribution is -0.122. The van der Waals surface area contributed by atoms with Crippen LogP contribution >= 0.6 is 0 Å². The van der Waals surface area contributed by atoms with Gasteiger partial charge in [0.2, 0.25) is 18.6 Å². The first-order chi connectivity index (χ1) is 19.1. The van der Waals surface area contributed by atoms with Crippen LogP contribution in [-0.4, -0.2) is 37.3 Å². The fourth-order valence-electron chi connectivity index (χ4n) is 5.49. The Labute approximate surface area is 223 Å². The van der Waals surface area contributed by atoms with Crippen LogP contribution in [0.15, 0.2) is 79.0 Å². The van der Waals surface area contributed by atoms with E-state index in [2.05, 4.69) is 10.3 Å². The van der Waals surface area contributed by atoms with Crippen molar-refractivity contribution in [3.8, 4) is 23.1 Å². The largest absolute Gasteiger partial charge is 0.491 e. The zero-order valence-electron chi connectivity index (χ0n) is 21.0. The summed E-state index contributed by atoms with van der Waals surface area (Å²) in [6, 6.07) is 22.1. The molecule has 3 aliphatic rings. The molecule has 1 N–H and O–H groups in total. The number of methoxy groups -OCH3 is 1. The Bertz CT molecular complexity index is 1640. The molecule has 2 amide bonds. The molecule has 0 saturated carbocycles. The van der Waals surface area contributed by atoms with E-state index >= 15 is 0 Å². The molecular formula is C30H23N3O6. The van der Waals surface area contributed by atoms with E-state index in [-0.39, 0.29) is 25.2 Å². The summed E-state index contributed by atoms with van der Waals surface area (Å²) in [6.07, 6.45) is 1.54. The highest BCUT2D eigenvalue weighted by molar-refractivity contribution is 6.11. The summed E-state index contributed by atoms with van der Waals surface area (Å²) < 4.78 is 22.3. The Morgan fingerprint density at radius 1 is 0.974 bits per heavy atom. The molecule has 39 heavy (non-hydrogen) atoms. The van der Waals surface area contributed by atoms with Gasteiger partial charge >= 0.3 is 0 Å². The van der Waals surface area contributed by atoms with E-state index in [1.165, 1.54) is 13.3 Å². The standard InChI is InChI=1S/C30H23N3O6/c1-36-27-10-9-20(14-31-27)32-28(34)19-6-4-5-18(11-19)15-33-23-8-3-2-7-21(23)30(29(33)35)16-37-24-13-26-25(12-22(24)30)38-17-39-26/h2-14H,15-17H2,1H3,(H,32,34). The number of amides is 2. The molecule has 0 bridgehead atoms. The van der Waals surface area contributed by atoms with Gasteiger partial charge in [-0.05, 0) is 41.5 Å². The van der Waals surface area contributed by atoms with Crippen LogP contribution in [0.5, 0.6) is 23.1 Å². The summed E-state index contributed by atoms with van der Waals surface area (Å²) in [5.41, 5.74) is 3.33. The number of hydrogen-bond acceptors (Lipinski definition) is 7. The predicted octanol–water partition coefficient (Wildman–Crippen LogP) is 4.30. The van der Waals surface area contributed by atoms with Crippen molar-refractivity contribution < 1.29 is 28.5 Å². The van der Waals surface area contributed by atoms with E-state index in [0.717, 1.165) is 22.4 Å². The number of ether oxygens (including phenoxy) is 4. The van der Waals surface area contributed by atoms with Gasteiger partial charge in [-0.3, -0.25) is 9.59 Å². The maximum Gasteiger partial charge on any atom is 0.255 e. The third-order valence-electron chi connectivity index (χ3n) is 7.38. The Balaban J connectivity index is 1.19. The summed E-state index contributed by atoms with van der Waals surface area (Å²) in [6.45, 7) is 0.624. The third-order valence-corrected chi connectivity index (χ3v) is 7.38. The minimum absolute atomic E-state index is 0.0829. The number of nitrogens with zero attached hydrogens (tertiary/aromatic N) is 2. The van der Waals surface area contributed by atoms with Crippen molar-refractivity contribution in [1.29, 1.82) is 0 Å². The molecule has 9 heteroatoms. The molecule has 3 aromatic carbocycles. The number of benzene rings is 3. The van der Waals surface area contributed by atoms with Crippen LogP contribution in [0.2, 0.25) is 0 Å². The number of carbonyl (C=O) groups is 2. The zero-order chi connectivity index (χ0) is 26.6. The van der Waals surface area contributed by atoms with Gasteiger partial charge in [-0.1, -0.05) is 30.3 Å². The lowest BCUT2D eigenvalue weighted by atomic mass is 9.77. The fourth-order valence-corrected chi connectivity index (χ4v) is 5.49. The fraction of sp³-hybridized carbons (Fsp3) is 0.167. The molecular weight excluding hydrogens is 498 g/mol. The van der Waals surface area contributed by atoms with E-state index < -0.39 is 5.41 Å². The Morgan fingerprint density at radius 2 is 1.82 bits per heavy atom. The average Bonchev–Trinajstić information content (AvgIpc) is 3.65. The number of fused-ring (bicyclic) bond motifs is 5. The van der Waals surface area contributed by atoms with Crippen molar-refractivity contribution in [2.24, 2.45) is 0 Å². The Hall–Kier alpha value is -5.05. The molecule has 194 valence electrons. The average molecular weight is 522 g/mol. The molecule has 1 atom stereocenters. The van der Waals surface area contributed by atoms with Crippen LogP contribution < -0.4 is 29.2 Å². The van der Waals surface area contributed by atoms with Crippen molar-refractivity contribution >= 4 is 23.2 Å². The SMILES string of the molecule is COc1ccc(NC(=O)c2cccc(CN3C(=O)C4(COc5cc6c(cc54)OCO6)c4ccccc43)c2)cn1. The van der Waals surface area contributed by atoms with Crippen LogP contribution in [0.25, 0.3) is 0 Å². The van der Waals surface area contributed by atoms with Gasteiger partial charge in [0, 0.05) is 28.9 Å². The van der Waals surface area contributed by atoms with Gasteiger partial charge in [0.1, 0.15) is 17.8 Å². The molecule has 0 aliphatic carbocycles. The van der Waals surface area contributed by atoms with Gasteiger partial charge in [0.15, 0.2) is 11.5 Å². The Morgan fingerprint density at radius 3 is 2.64 bits per heavy atom. The van der Waals surface area contributed by atoms with E-state index in [1.54, 1.807) is 35.2 Å². The second-order valence-corrected chi connectivity index (χ2v) is 9.55. The minimum atomic E-state index is -0.983. The molecule has 0 fully saturated rings. The van der Waals surface area contributed by atoms with E-state index in [4.69, 9.17) is 18.9 Å². The number of rotatable bonds is 5. The molecule has 1 unspecified atom stereocenters. The maximum atomic E-state index is 14.2. The van der Waals surface area contributed by atoms with Crippen LogP contribution in [-0.2, 0) is 16.8 Å². The molecule has 7 rings (SSSR count). The second kappa shape index (κ2) is 8.76. The highest BCUT2D eigenvalue weighted by Crippen LogP contribution is 2.55. The van der Waals surface area contributed by atoms with Gasteiger partial charge in [-0.2, -0.15) is 0 Å². The third kappa shape index (κ3) is 3.58. The monoisotopic (exact) mass is 521 g/mol. The second-order valence-electron chi connectivity index (χ2n) is 9.55. The summed E-state index contributed by atoms with van der Waals surface area (Å²) in [5.74, 6) is 1.94. The van der Waals surface area contributed by atoms with Crippen molar-refractivity contribution in [2.75, 3.05) is 30.7 Å². The first-order valence-corrected chi connectivity index (χ1v) is 12.5. The number of aromatic nitrogens is 1.